The van der Waals surface area contributed by atoms with Crippen molar-refractivity contribution in [2.24, 2.45) is 22.4 Å². The molecule has 7 amide bonds. The second-order valence-corrected chi connectivity index (χ2v) is 18.8. The molecule has 14 N–H and O–H groups in total. The highest BCUT2D eigenvalue weighted by Gasteiger charge is 2.43. The van der Waals surface area contributed by atoms with Crippen LogP contribution >= 0.6 is 25.3 Å². The number of aliphatic imine (C=N–C) groups is 1. The minimum atomic E-state index is -1.38. The number of carboxylic acid groups (broad SMARTS) is 1. The summed E-state index contributed by atoms with van der Waals surface area (Å²) in [6, 6.07) is 5.78. The largest absolute Gasteiger partial charge is 0.508 e. The van der Waals surface area contributed by atoms with E-state index in [4.69, 9.17) is 11.5 Å². The molecule has 1 aliphatic heterocycles. The molecule has 1 saturated heterocycles. The van der Waals surface area contributed by atoms with Gasteiger partial charge in [0.15, 0.2) is 5.96 Å². The third-order valence-electron chi connectivity index (χ3n) is 11.6. The van der Waals surface area contributed by atoms with Gasteiger partial charge in [-0.3, -0.25) is 38.6 Å². The molecule has 2 aromatic carbocycles. The smallest absolute Gasteiger partial charge is 0.326 e. The minimum absolute atomic E-state index is 0.00980. The van der Waals surface area contributed by atoms with E-state index in [9.17, 15) is 48.6 Å². The van der Waals surface area contributed by atoms with E-state index in [2.05, 4.69) is 77.4 Å². The van der Waals surface area contributed by atoms with Crippen molar-refractivity contribution in [3.05, 3.63) is 83.9 Å². The van der Waals surface area contributed by atoms with Crippen molar-refractivity contribution in [2.75, 3.05) is 32.4 Å². The number of benzene rings is 2. The lowest BCUT2D eigenvalue weighted by molar-refractivity contribution is -0.145. The van der Waals surface area contributed by atoms with Crippen molar-refractivity contribution in [3.8, 4) is 5.75 Å². The number of aromatic nitrogens is 2. The number of carbonyl (C=O) groups excluding carboxylic acids is 7. The van der Waals surface area contributed by atoms with Crippen LogP contribution in [0.2, 0.25) is 0 Å². The Bertz CT molecular complexity index is 2320. The predicted octanol–water partition coefficient (Wildman–Crippen LogP) is -1.72. The number of hydrogen-bond donors (Lipinski definition) is 14. The van der Waals surface area contributed by atoms with Crippen molar-refractivity contribution < 1.29 is 48.6 Å². The average Bonchev–Trinajstić information content (AvgIpc) is 4.01. The van der Waals surface area contributed by atoms with Gasteiger partial charge in [0.2, 0.25) is 41.4 Å². The van der Waals surface area contributed by atoms with Crippen LogP contribution in [-0.4, -0.2) is 158 Å². The molecular weight excluding hydrogens is 971 g/mol. The summed E-state index contributed by atoms with van der Waals surface area (Å²) in [5.41, 5.74) is 12.5. The molecule has 23 nitrogen and oxygen atoms in total. The normalized spacial score (nSPS) is 16.7. The number of guanidine groups is 1. The number of likely N-dealkylation sites (N-methyl/N-ethyl adjacent to an activating group) is 1. The number of imidazole rings is 1. The van der Waals surface area contributed by atoms with Crippen LogP contribution < -0.4 is 48.7 Å². The molecule has 1 fully saturated rings. The number of carbonyl (C=O) groups is 8. The molecule has 0 spiro atoms. The number of aromatic amines is 1. The zero-order valence-corrected chi connectivity index (χ0v) is 42.2. The van der Waals surface area contributed by atoms with E-state index in [0.717, 1.165) is 0 Å². The van der Waals surface area contributed by atoms with Crippen LogP contribution in [-0.2, 0) is 57.6 Å². The number of nitrogens with zero attached hydrogens (tertiary/aromatic N) is 3. The maximum absolute atomic E-state index is 14.6. The fourth-order valence-electron chi connectivity index (χ4n) is 7.89. The first-order valence-electron chi connectivity index (χ1n) is 23.4. The summed E-state index contributed by atoms with van der Waals surface area (Å²) in [4.78, 5) is 122. The highest BCUT2D eigenvalue weighted by molar-refractivity contribution is 7.81. The minimum Gasteiger partial charge on any atom is -0.508 e. The topological polar surface area (TPSA) is 358 Å². The molecule has 1 aliphatic rings. The molecule has 25 heteroatoms. The van der Waals surface area contributed by atoms with Gasteiger partial charge in [0, 0.05) is 49.5 Å². The maximum Gasteiger partial charge on any atom is 0.326 e. The Hall–Kier alpha value is -6.86. The van der Waals surface area contributed by atoms with Crippen molar-refractivity contribution in [3.63, 3.8) is 0 Å². The molecule has 392 valence electrons. The molecule has 0 bridgehead atoms. The number of amides is 7. The van der Waals surface area contributed by atoms with Gasteiger partial charge in [-0.1, -0.05) is 56.3 Å². The Balaban J connectivity index is 1.57. The molecule has 72 heavy (non-hydrogen) atoms. The Morgan fingerprint density at radius 1 is 0.792 bits per heavy atom. The van der Waals surface area contributed by atoms with Crippen LogP contribution in [0.4, 0.5) is 0 Å². The van der Waals surface area contributed by atoms with Crippen LogP contribution in [0.25, 0.3) is 0 Å². The lowest BCUT2D eigenvalue weighted by atomic mass is 9.99. The Labute approximate surface area is 428 Å². The summed E-state index contributed by atoms with van der Waals surface area (Å²) >= 11 is 8.90. The lowest BCUT2D eigenvalue weighted by Crippen LogP contribution is -2.61. The zero-order chi connectivity index (χ0) is 52.9. The van der Waals surface area contributed by atoms with Crippen LogP contribution in [0, 0.1) is 5.92 Å². The molecule has 0 unspecified atom stereocenters. The number of aromatic hydroxyl groups is 1. The molecular formula is C47H67N13O10S2. The number of aliphatic carboxylic acids is 1. The first-order chi connectivity index (χ1) is 34.3. The molecule has 8 atom stereocenters. The van der Waals surface area contributed by atoms with Crippen LogP contribution in [0.1, 0.15) is 56.4 Å². The Morgan fingerprint density at radius 2 is 1.40 bits per heavy atom. The van der Waals surface area contributed by atoms with Gasteiger partial charge >= 0.3 is 5.97 Å². The third-order valence-corrected chi connectivity index (χ3v) is 12.2. The molecule has 2 heterocycles. The summed E-state index contributed by atoms with van der Waals surface area (Å²) < 4.78 is 0. The van der Waals surface area contributed by atoms with Gasteiger partial charge in [0.1, 0.15) is 48.0 Å². The molecule has 0 saturated carbocycles. The fourth-order valence-corrected chi connectivity index (χ4v) is 8.52. The molecule has 0 aliphatic carbocycles. The van der Waals surface area contributed by atoms with Gasteiger partial charge in [-0.05, 0) is 67.7 Å². The number of likely N-dealkylation sites (tertiary alicyclic amines) is 1. The second kappa shape index (κ2) is 28.9. The van der Waals surface area contributed by atoms with E-state index < -0.39 is 101 Å². The molecule has 3 aromatic rings. The Kier molecular flexibility index (Phi) is 23.1. The van der Waals surface area contributed by atoms with E-state index in [1.165, 1.54) is 29.6 Å². The van der Waals surface area contributed by atoms with Gasteiger partial charge in [0.05, 0.1) is 12.9 Å². The van der Waals surface area contributed by atoms with E-state index in [1.807, 2.05) is 0 Å². The first kappa shape index (κ1) is 57.7. The number of hydrogen-bond acceptors (Lipinski definition) is 14. The van der Waals surface area contributed by atoms with Gasteiger partial charge in [-0.25, -0.2) is 9.78 Å². The Morgan fingerprint density at radius 3 is 2.01 bits per heavy atom. The summed E-state index contributed by atoms with van der Waals surface area (Å²) in [7, 11) is 1.56. The lowest BCUT2D eigenvalue weighted by Gasteiger charge is -2.31. The van der Waals surface area contributed by atoms with Crippen molar-refractivity contribution >= 4 is 78.5 Å². The van der Waals surface area contributed by atoms with E-state index in [1.54, 1.807) is 63.4 Å². The number of H-pyrrole nitrogens is 1. The highest BCUT2D eigenvalue weighted by Crippen LogP contribution is 2.24. The fraction of sp³-hybridized carbons (Fsp3) is 0.489. The monoisotopic (exact) mass is 1040 g/mol. The van der Waals surface area contributed by atoms with Gasteiger partial charge in [0.25, 0.3) is 0 Å². The quantitative estimate of drug-likeness (QED) is 0.0167. The van der Waals surface area contributed by atoms with Gasteiger partial charge < -0.3 is 68.8 Å². The van der Waals surface area contributed by atoms with E-state index >= 15 is 0 Å². The van der Waals surface area contributed by atoms with Crippen LogP contribution in [0.5, 0.6) is 5.75 Å². The average molecular weight is 1040 g/mol. The number of thiol groups is 2. The highest BCUT2D eigenvalue weighted by atomic mass is 32.1. The van der Waals surface area contributed by atoms with Gasteiger partial charge in [-0.2, -0.15) is 25.3 Å². The number of phenolic OH excluding ortho intramolecular Hbond substituents is 1. The van der Waals surface area contributed by atoms with Crippen molar-refractivity contribution in [1.82, 2.24) is 52.1 Å². The number of rotatable bonds is 28. The standard InChI is InChI=1S/C47H67N13O10S2/c1-26(2)39(59-41(64)32(54-38(62)23-50-3)10-7-16-52-47(48)49)44(67)56-34(18-28-11-13-30(61)14-12-28)42(65)55-33(15-17-71)40(63)57-35(20-29-22-51-25-53-29)45(68)60-24-31(72)21-37(60)43(66)58-36(46(69)70)19-27-8-5-4-6-9-27/h4-6,8-9,11-14,22,25-26,31-37,39,50,61,71-72H,7,10,15-21,23-24H2,1-3H3,(H,51,53)(H,54,62)(H,55,65)(H,56,67)(H,57,63)(H,58,66)(H,59,64)(H,69,70)(H4,48,49,52)/t31-,32-,33-,34-,35-,36-,37-,39-/m0/s1. The summed E-state index contributed by atoms with van der Waals surface area (Å²) in [5.74, 6) is -6.88. The van der Waals surface area contributed by atoms with E-state index in [0.29, 0.717) is 23.2 Å². The molecule has 4 rings (SSSR count). The van der Waals surface area contributed by atoms with Crippen molar-refractivity contribution in [1.29, 1.82) is 0 Å². The maximum atomic E-state index is 14.6. The second-order valence-electron chi connectivity index (χ2n) is 17.7. The first-order valence-corrected chi connectivity index (χ1v) is 24.6. The van der Waals surface area contributed by atoms with Crippen LogP contribution in [0.15, 0.2) is 72.1 Å². The SMILES string of the molecule is CNCC(=O)N[C@@H](CCCN=C(N)N)C(=O)N[C@H](C(=O)N[C@@H](Cc1ccc(O)cc1)C(=O)N[C@@H](CCS)C(=O)N[C@@H](Cc1cnc[nH]1)C(=O)N1C[C@@H](S)C[C@H]1C(=O)N[C@@H](Cc1ccccc1)C(=O)O)C(C)C. The zero-order valence-electron chi connectivity index (χ0n) is 40.4. The number of nitrogens with two attached hydrogens (primary N) is 2. The third kappa shape index (κ3) is 18.4. The predicted molar refractivity (Wildman–Crippen MR) is 274 cm³/mol. The summed E-state index contributed by atoms with van der Waals surface area (Å²) in [6.07, 6.45) is 3.01. The van der Waals surface area contributed by atoms with Gasteiger partial charge in [-0.15, -0.1) is 0 Å². The number of phenols is 1. The number of carboxylic acids is 1. The van der Waals surface area contributed by atoms with E-state index in [-0.39, 0.29) is 75.6 Å². The van der Waals surface area contributed by atoms with Crippen molar-refractivity contribution in [2.45, 2.75) is 106 Å². The summed E-state index contributed by atoms with van der Waals surface area (Å²) in [5, 5.41) is 38.3. The van der Waals surface area contributed by atoms with Crippen LogP contribution in [0.3, 0.4) is 0 Å². The molecule has 0 radical (unpaired) electrons. The molecule has 1 aromatic heterocycles. The summed E-state index contributed by atoms with van der Waals surface area (Å²) in [6.45, 7) is 3.42. The number of nitrogens with one attached hydrogen (secondary N) is 8.